The van der Waals surface area contributed by atoms with Crippen molar-refractivity contribution in [2.45, 2.75) is 25.2 Å². The lowest BCUT2D eigenvalue weighted by Crippen LogP contribution is -2.27. The van der Waals surface area contributed by atoms with Crippen LogP contribution in [0, 0.1) is 0 Å². The van der Waals surface area contributed by atoms with Crippen LogP contribution in [-0.2, 0) is 17.6 Å². The Balaban J connectivity index is 1.51. The molecule has 25 heavy (non-hydrogen) atoms. The van der Waals surface area contributed by atoms with Gasteiger partial charge in [-0.2, -0.15) is 13.2 Å². The summed E-state index contributed by atoms with van der Waals surface area (Å²) in [5.74, 6) is 0. The molecular weight excluding hydrogens is 353 g/mol. The molecule has 0 aromatic heterocycles. The highest BCUT2D eigenvalue weighted by Gasteiger charge is 2.30. The van der Waals surface area contributed by atoms with Crippen molar-refractivity contribution >= 4 is 17.3 Å². The first kappa shape index (κ1) is 17.8. The molecule has 0 amide bonds. The molecule has 1 atom stereocenters. The molecule has 0 spiro atoms. The minimum atomic E-state index is -4.33. The Morgan fingerprint density at radius 2 is 1.96 bits per heavy atom. The van der Waals surface area contributed by atoms with Crippen molar-refractivity contribution in [2.75, 3.05) is 6.54 Å². The highest BCUT2D eigenvalue weighted by Crippen LogP contribution is 2.29. The van der Waals surface area contributed by atoms with E-state index < -0.39 is 11.7 Å². The van der Waals surface area contributed by atoms with Crippen molar-refractivity contribution in [1.29, 1.82) is 0 Å². The van der Waals surface area contributed by atoms with Crippen LogP contribution < -0.4 is 5.32 Å². The Morgan fingerprint density at radius 1 is 1.16 bits per heavy atom. The molecule has 0 radical (unpaired) electrons. The number of nitrogens with zero attached hydrogens (tertiary/aromatic N) is 1. The molecule has 0 saturated heterocycles. The van der Waals surface area contributed by atoms with Crippen molar-refractivity contribution in [2.24, 2.45) is 5.16 Å². The smallest absolute Gasteiger partial charge is 0.390 e. The Kier molecular flexibility index (Phi) is 5.30. The first-order valence-electron chi connectivity index (χ1n) is 7.78. The number of benzene rings is 2. The molecule has 0 saturated carbocycles. The number of alkyl halides is 3. The summed E-state index contributed by atoms with van der Waals surface area (Å²) < 4.78 is 38.1. The summed E-state index contributed by atoms with van der Waals surface area (Å²) in [4.78, 5) is 5.38. The fraction of sp³-hybridized carbons (Fsp3) is 0.278. The third-order valence-corrected chi connectivity index (χ3v) is 4.20. The van der Waals surface area contributed by atoms with Gasteiger partial charge in [-0.15, -0.1) is 0 Å². The second-order valence-electron chi connectivity index (χ2n) is 5.78. The first-order valence-corrected chi connectivity index (χ1v) is 8.16. The lowest BCUT2D eigenvalue weighted by atomic mass is 10.0. The van der Waals surface area contributed by atoms with Gasteiger partial charge in [0.15, 0.2) is 0 Å². The molecule has 132 valence electrons. The quantitative estimate of drug-likeness (QED) is 0.834. The monoisotopic (exact) mass is 368 g/mol. The maximum Gasteiger partial charge on any atom is 0.416 e. The summed E-state index contributed by atoms with van der Waals surface area (Å²) in [5.41, 5.74) is 1.54. The second-order valence-corrected chi connectivity index (χ2v) is 6.19. The van der Waals surface area contributed by atoms with Crippen molar-refractivity contribution in [3.8, 4) is 0 Å². The summed E-state index contributed by atoms with van der Waals surface area (Å²) in [6, 6.07) is 12.7. The number of halogens is 4. The lowest BCUT2D eigenvalue weighted by molar-refractivity contribution is -0.137. The minimum absolute atomic E-state index is 0.169. The Bertz CT molecular complexity index is 777. The molecular formula is C18H16ClF3N2O. The van der Waals surface area contributed by atoms with E-state index in [1.54, 1.807) is 12.1 Å². The molecule has 0 fully saturated rings. The summed E-state index contributed by atoms with van der Waals surface area (Å²) in [5, 5.41) is 7.79. The summed E-state index contributed by atoms with van der Waals surface area (Å²) in [7, 11) is 0. The third-order valence-electron chi connectivity index (χ3n) is 3.87. The van der Waals surface area contributed by atoms with Crippen LogP contribution in [0.2, 0.25) is 5.02 Å². The number of oxime groups is 1. The highest BCUT2D eigenvalue weighted by molar-refractivity contribution is 6.34. The predicted octanol–water partition coefficient (Wildman–Crippen LogP) is 4.64. The van der Waals surface area contributed by atoms with Gasteiger partial charge in [0.1, 0.15) is 6.10 Å². The Morgan fingerprint density at radius 3 is 2.72 bits per heavy atom. The fourth-order valence-electron chi connectivity index (χ4n) is 2.63. The van der Waals surface area contributed by atoms with E-state index in [1.807, 2.05) is 18.2 Å². The molecule has 1 aliphatic heterocycles. The van der Waals surface area contributed by atoms with Crippen LogP contribution >= 0.6 is 11.6 Å². The first-order chi connectivity index (χ1) is 11.9. The highest BCUT2D eigenvalue weighted by atomic mass is 35.5. The molecule has 1 N–H and O–H groups in total. The van der Waals surface area contributed by atoms with Crippen LogP contribution in [0.4, 0.5) is 13.2 Å². The summed E-state index contributed by atoms with van der Waals surface area (Å²) >= 11 is 6.14. The maximum atomic E-state index is 12.7. The Labute approximate surface area is 148 Å². The molecule has 2 aromatic carbocycles. The van der Waals surface area contributed by atoms with Crippen LogP contribution in [-0.4, -0.2) is 18.4 Å². The number of rotatable bonds is 5. The summed E-state index contributed by atoms with van der Waals surface area (Å²) in [6.07, 6.45) is -3.90. The molecule has 3 rings (SSSR count). The molecule has 7 heteroatoms. The van der Waals surface area contributed by atoms with Crippen molar-refractivity contribution in [3.05, 3.63) is 70.2 Å². The largest absolute Gasteiger partial charge is 0.416 e. The minimum Gasteiger partial charge on any atom is -0.390 e. The zero-order chi connectivity index (χ0) is 17.9. The molecule has 3 nitrogen and oxygen atoms in total. The van der Waals surface area contributed by atoms with Crippen molar-refractivity contribution in [3.63, 3.8) is 0 Å². The topological polar surface area (TPSA) is 33.6 Å². The number of nitrogens with one attached hydrogen (secondary N) is 1. The molecule has 1 heterocycles. The van der Waals surface area contributed by atoms with Gasteiger partial charge >= 0.3 is 6.18 Å². The molecule has 1 unspecified atom stereocenters. The number of hydrogen-bond acceptors (Lipinski definition) is 3. The van der Waals surface area contributed by atoms with Gasteiger partial charge in [0.25, 0.3) is 0 Å². The van der Waals surface area contributed by atoms with E-state index in [0.717, 1.165) is 23.4 Å². The third kappa shape index (κ3) is 4.52. The normalized spacial score (nSPS) is 17.3. The van der Waals surface area contributed by atoms with Crippen molar-refractivity contribution < 1.29 is 18.0 Å². The second kappa shape index (κ2) is 7.45. The van der Waals surface area contributed by atoms with Gasteiger partial charge in [0.05, 0.1) is 11.3 Å². The van der Waals surface area contributed by atoms with Crippen molar-refractivity contribution in [1.82, 2.24) is 5.32 Å². The van der Waals surface area contributed by atoms with Gasteiger partial charge in [-0.3, -0.25) is 0 Å². The number of hydrogen-bond donors (Lipinski definition) is 1. The lowest BCUT2D eigenvalue weighted by Gasteiger charge is -2.11. The van der Waals surface area contributed by atoms with Crippen LogP contribution in [0.15, 0.2) is 53.7 Å². The molecule has 0 aliphatic carbocycles. The van der Waals surface area contributed by atoms with E-state index in [9.17, 15) is 13.2 Å². The van der Waals surface area contributed by atoms with E-state index in [1.165, 1.54) is 6.07 Å². The van der Waals surface area contributed by atoms with E-state index in [0.29, 0.717) is 30.1 Å². The van der Waals surface area contributed by atoms with E-state index in [2.05, 4.69) is 10.5 Å². The van der Waals surface area contributed by atoms with Gasteiger partial charge in [-0.05, 0) is 17.7 Å². The maximum absolute atomic E-state index is 12.7. The SMILES string of the molecule is FC(F)(F)c1cccc(CNCC2CC(c3ccccc3Cl)=NO2)c1. The molecule has 1 aliphatic rings. The van der Waals surface area contributed by atoms with Gasteiger partial charge in [-0.25, -0.2) is 0 Å². The van der Waals surface area contributed by atoms with E-state index in [-0.39, 0.29) is 6.10 Å². The van der Waals surface area contributed by atoms with Gasteiger partial charge in [-0.1, -0.05) is 53.2 Å². The molecule has 2 aromatic rings. The van der Waals surface area contributed by atoms with Crippen LogP contribution in [0.5, 0.6) is 0 Å². The van der Waals surface area contributed by atoms with Gasteiger partial charge < -0.3 is 10.2 Å². The van der Waals surface area contributed by atoms with Crippen LogP contribution in [0.25, 0.3) is 0 Å². The zero-order valence-corrected chi connectivity index (χ0v) is 13.9. The predicted molar refractivity (Wildman–Crippen MR) is 90.6 cm³/mol. The van der Waals surface area contributed by atoms with E-state index in [4.69, 9.17) is 16.4 Å². The summed E-state index contributed by atoms with van der Waals surface area (Å²) in [6.45, 7) is 0.804. The molecule has 0 bridgehead atoms. The fourth-order valence-corrected chi connectivity index (χ4v) is 2.87. The van der Waals surface area contributed by atoms with Gasteiger partial charge in [0, 0.05) is 30.1 Å². The average molecular weight is 369 g/mol. The standard InChI is InChI=1S/C18H16ClF3N2O/c19-16-7-2-1-6-15(16)17-9-14(25-24-17)11-23-10-12-4-3-5-13(8-12)18(20,21)22/h1-8,14,23H,9-11H2. The average Bonchev–Trinajstić information content (AvgIpc) is 3.03. The van der Waals surface area contributed by atoms with Crippen LogP contribution in [0.1, 0.15) is 23.1 Å². The van der Waals surface area contributed by atoms with E-state index >= 15 is 0 Å². The zero-order valence-electron chi connectivity index (χ0n) is 13.2. The van der Waals surface area contributed by atoms with Crippen LogP contribution in [0.3, 0.4) is 0 Å². The Hall–Kier alpha value is -2.05. The van der Waals surface area contributed by atoms with Gasteiger partial charge in [0.2, 0.25) is 0 Å².